The van der Waals surface area contributed by atoms with Crippen LogP contribution >= 0.6 is 0 Å². The standard InChI is InChI=1S/C20H22N2O4/c1-14-4-3-5-15(12-14)19(23)21-17-13-16(6-7-18(17)25-2)20(24)22-8-10-26-11-9-22/h3-7,12-13H,8-11H2,1-2H3,(H,21,23). The van der Waals surface area contributed by atoms with Crippen LogP contribution in [0.5, 0.6) is 5.75 Å². The highest BCUT2D eigenvalue weighted by molar-refractivity contribution is 6.06. The van der Waals surface area contributed by atoms with Crippen molar-refractivity contribution in [2.24, 2.45) is 0 Å². The average Bonchev–Trinajstić information content (AvgIpc) is 2.68. The normalized spacial score (nSPS) is 14.0. The van der Waals surface area contributed by atoms with Gasteiger partial charge in [0.1, 0.15) is 5.75 Å². The minimum Gasteiger partial charge on any atom is -0.495 e. The first-order valence-corrected chi connectivity index (χ1v) is 8.51. The fraction of sp³-hybridized carbons (Fsp3) is 0.300. The van der Waals surface area contributed by atoms with Gasteiger partial charge >= 0.3 is 0 Å². The maximum absolute atomic E-state index is 12.7. The molecular weight excluding hydrogens is 332 g/mol. The van der Waals surface area contributed by atoms with Crippen molar-refractivity contribution in [3.63, 3.8) is 0 Å². The summed E-state index contributed by atoms with van der Waals surface area (Å²) in [6.07, 6.45) is 0. The van der Waals surface area contributed by atoms with E-state index in [2.05, 4.69) is 5.32 Å². The summed E-state index contributed by atoms with van der Waals surface area (Å²) in [5.74, 6) is 0.175. The molecule has 0 aromatic heterocycles. The molecule has 6 nitrogen and oxygen atoms in total. The Morgan fingerprint density at radius 1 is 1.08 bits per heavy atom. The van der Waals surface area contributed by atoms with Crippen LogP contribution in [-0.2, 0) is 4.74 Å². The number of methoxy groups -OCH3 is 1. The number of nitrogens with one attached hydrogen (secondary N) is 1. The van der Waals surface area contributed by atoms with E-state index in [-0.39, 0.29) is 11.8 Å². The zero-order valence-corrected chi connectivity index (χ0v) is 15.0. The first-order chi connectivity index (χ1) is 12.6. The molecule has 0 spiro atoms. The van der Waals surface area contributed by atoms with Crippen molar-refractivity contribution in [2.75, 3.05) is 38.7 Å². The number of carbonyl (C=O) groups excluding carboxylic acids is 2. The van der Waals surface area contributed by atoms with Gasteiger partial charge in [0.25, 0.3) is 11.8 Å². The van der Waals surface area contributed by atoms with Crippen LogP contribution in [-0.4, -0.2) is 50.1 Å². The van der Waals surface area contributed by atoms with Crippen molar-refractivity contribution in [1.82, 2.24) is 4.90 Å². The van der Waals surface area contributed by atoms with Crippen LogP contribution in [0, 0.1) is 6.92 Å². The van der Waals surface area contributed by atoms with Gasteiger partial charge in [0.15, 0.2) is 0 Å². The van der Waals surface area contributed by atoms with Crippen molar-refractivity contribution in [3.8, 4) is 5.75 Å². The number of nitrogens with zero attached hydrogens (tertiary/aromatic N) is 1. The van der Waals surface area contributed by atoms with E-state index >= 15 is 0 Å². The lowest BCUT2D eigenvalue weighted by Gasteiger charge is -2.27. The zero-order valence-electron chi connectivity index (χ0n) is 15.0. The molecule has 1 heterocycles. The second-order valence-corrected chi connectivity index (χ2v) is 6.14. The Labute approximate surface area is 152 Å². The fourth-order valence-corrected chi connectivity index (χ4v) is 2.87. The Hall–Kier alpha value is -2.86. The van der Waals surface area contributed by atoms with E-state index in [1.807, 2.05) is 25.1 Å². The Kier molecular flexibility index (Phi) is 5.53. The van der Waals surface area contributed by atoms with Gasteiger partial charge in [-0.25, -0.2) is 0 Å². The molecule has 136 valence electrons. The summed E-state index contributed by atoms with van der Waals surface area (Å²) >= 11 is 0. The summed E-state index contributed by atoms with van der Waals surface area (Å²) in [6, 6.07) is 12.4. The molecule has 2 aromatic carbocycles. The molecule has 0 unspecified atom stereocenters. The van der Waals surface area contributed by atoms with Gasteiger partial charge in [-0.1, -0.05) is 17.7 Å². The SMILES string of the molecule is COc1ccc(C(=O)N2CCOCC2)cc1NC(=O)c1cccc(C)c1. The minimum atomic E-state index is -0.247. The summed E-state index contributed by atoms with van der Waals surface area (Å²) < 4.78 is 10.6. The molecule has 0 aliphatic carbocycles. The number of ether oxygens (including phenoxy) is 2. The lowest BCUT2D eigenvalue weighted by atomic mass is 10.1. The molecule has 1 aliphatic rings. The Bertz CT molecular complexity index is 813. The maximum atomic E-state index is 12.7. The second-order valence-electron chi connectivity index (χ2n) is 6.14. The molecule has 0 atom stereocenters. The summed E-state index contributed by atoms with van der Waals surface area (Å²) in [6.45, 7) is 4.14. The molecule has 0 bridgehead atoms. The predicted octanol–water partition coefficient (Wildman–Crippen LogP) is 2.73. The highest BCUT2D eigenvalue weighted by Crippen LogP contribution is 2.27. The molecule has 2 amide bonds. The van der Waals surface area contributed by atoms with Gasteiger partial charge in [0.2, 0.25) is 0 Å². The quantitative estimate of drug-likeness (QED) is 0.917. The Balaban J connectivity index is 1.83. The van der Waals surface area contributed by atoms with Crippen molar-refractivity contribution in [2.45, 2.75) is 6.92 Å². The van der Waals surface area contributed by atoms with Crippen LogP contribution < -0.4 is 10.1 Å². The summed E-state index contributed by atoms with van der Waals surface area (Å²) in [5.41, 5.74) is 2.53. The number of carbonyl (C=O) groups is 2. The first kappa shape index (κ1) is 17.9. The van der Waals surface area contributed by atoms with Crippen molar-refractivity contribution in [3.05, 3.63) is 59.2 Å². The third kappa shape index (κ3) is 4.03. The fourth-order valence-electron chi connectivity index (χ4n) is 2.87. The van der Waals surface area contributed by atoms with Crippen LogP contribution in [0.4, 0.5) is 5.69 Å². The van der Waals surface area contributed by atoms with Crippen LogP contribution in [0.2, 0.25) is 0 Å². The van der Waals surface area contributed by atoms with E-state index in [1.165, 1.54) is 7.11 Å². The number of amides is 2. The van der Waals surface area contributed by atoms with E-state index in [0.29, 0.717) is 48.9 Å². The van der Waals surface area contributed by atoms with Gasteiger partial charge in [-0.05, 0) is 37.3 Å². The number of hydrogen-bond donors (Lipinski definition) is 1. The van der Waals surface area contributed by atoms with Gasteiger partial charge in [-0.2, -0.15) is 0 Å². The molecule has 1 saturated heterocycles. The molecule has 1 fully saturated rings. The van der Waals surface area contributed by atoms with E-state index in [0.717, 1.165) is 5.56 Å². The lowest BCUT2D eigenvalue weighted by Crippen LogP contribution is -2.40. The van der Waals surface area contributed by atoms with Crippen LogP contribution in [0.3, 0.4) is 0 Å². The smallest absolute Gasteiger partial charge is 0.255 e. The van der Waals surface area contributed by atoms with E-state index in [9.17, 15) is 9.59 Å². The molecule has 0 radical (unpaired) electrons. The number of hydrogen-bond acceptors (Lipinski definition) is 4. The van der Waals surface area contributed by atoms with Gasteiger partial charge in [-0.3, -0.25) is 9.59 Å². The van der Waals surface area contributed by atoms with Gasteiger partial charge < -0.3 is 19.7 Å². The maximum Gasteiger partial charge on any atom is 0.255 e. The third-order valence-corrected chi connectivity index (χ3v) is 4.27. The summed E-state index contributed by atoms with van der Waals surface area (Å²) in [4.78, 5) is 27.0. The monoisotopic (exact) mass is 354 g/mol. The topological polar surface area (TPSA) is 67.9 Å². The first-order valence-electron chi connectivity index (χ1n) is 8.51. The Morgan fingerprint density at radius 3 is 2.54 bits per heavy atom. The predicted molar refractivity (Wildman–Crippen MR) is 98.8 cm³/mol. The summed E-state index contributed by atoms with van der Waals surface area (Å²) in [7, 11) is 1.53. The molecule has 6 heteroatoms. The highest BCUT2D eigenvalue weighted by Gasteiger charge is 2.20. The molecule has 1 N–H and O–H groups in total. The zero-order chi connectivity index (χ0) is 18.5. The van der Waals surface area contributed by atoms with Crippen molar-refractivity contribution in [1.29, 1.82) is 0 Å². The molecule has 3 rings (SSSR count). The van der Waals surface area contributed by atoms with Gasteiger partial charge in [-0.15, -0.1) is 0 Å². The molecule has 26 heavy (non-hydrogen) atoms. The van der Waals surface area contributed by atoms with E-state index < -0.39 is 0 Å². The number of morpholine rings is 1. The third-order valence-electron chi connectivity index (χ3n) is 4.27. The van der Waals surface area contributed by atoms with Crippen LogP contribution in [0.25, 0.3) is 0 Å². The summed E-state index contributed by atoms with van der Waals surface area (Å²) in [5, 5.41) is 2.84. The highest BCUT2D eigenvalue weighted by atomic mass is 16.5. The second kappa shape index (κ2) is 8.01. The van der Waals surface area contributed by atoms with Gasteiger partial charge in [0.05, 0.1) is 26.0 Å². The largest absolute Gasteiger partial charge is 0.495 e. The number of anilines is 1. The van der Waals surface area contributed by atoms with Gasteiger partial charge in [0, 0.05) is 24.2 Å². The van der Waals surface area contributed by atoms with E-state index in [1.54, 1.807) is 29.2 Å². The molecular formula is C20H22N2O4. The number of rotatable bonds is 4. The van der Waals surface area contributed by atoms with E-state index in [4.69, 9.17) is 9.47 Å². The number of benzene rings is 2. The molecule has 2 aromatic rings. The average molecular weight is 354 g/mol. The number of aryl methyl sites for hydroxylation is 1. The molecule has 0 saturated carbocycles. The van der Waals surface area contributed by atoms with Crippen LogP contribution in [0.1, 0.15) is 26.3 Å². The lowest BCUT2D eigenvalue weighted by molar-refractivity contribution is 0.0303. The Morgan fingerprint density at radius 2 is 1.85 bits per heavy atom. The van der Waals surface area contributed by atoms with Crippen molar-refractivity contribution >= 4 is 17.5 Å². The van der Waals surface area contributed by atoms with Crippen molar-refractivity contribution < 1.29 is 19.1 Å². The van der Waals surface area contributed by atoms with Crippen LogP contribution in [0.15, 0.2) is 42.5 Å². The molecule has 1 aliphatic heterocycles. The minimum absolute atomic E-state index is 0.0815.